The van der Waals surface area contributed by atoms with E-state index in [0.717, 1.165) is 42.6 Å². The summed E-state index contributed by atoms with van der Waals surface area (Å²) in [4.78, 5) is 4.13. The third kappa shape index (κ3) is 3.40. The van der Waals surface area contributed by atoms with Crippen LogP contribution in [0.5, 0.6) is 0 Å². The predicted octanol–water partition coefficient (Wildman–Crippen LogP) is 2.02. The molecule has 0 radical (unpaired) electrons. The highest BCUT2D eigenvalue weighted by Crippen LogP contribution is 2.23. The van der Waals surface area contributed by atoms with Gasteiger partial charge in [-0.3, -0.25) is 4.98 Å². The molecule has 0 amide bonds. The molecule has 1 aliphatic rings. The number of nitrogens with one attached hydrogen (secondary N) is 2. The van der Waals surface area contributed by atoms with E-state index in [0.29, 0.717) is 0 Å². The number of hydrogen-bond acceptors (Lipinski definition) is 4. The molecule has 2 heterocycles. The van der Waals surface area contributed by atoms with Gasteiger partial charge in [0.05, 0.1) is 17.5 Å². The highest BCUT2D eigenvalue weighted by atomic mass is 79.9. The summed E-state index contributed by atoms with van der Waals surface area (Å²) in [5.41, 5.74) is 0.974. The van der Waals surface area contributed by atoms with Crippen molar-refractivity contribution in [1.29, 1.82) is 0 Å². The number of aromatic nitrogens is 1. The Balaban J connectivity index is 1.95. The average Bonchev–Trinajstić information content (AvgIpc) is 2.38. The molecular formula is C12H18BrN3O. The van der Waals surface area contributed by atoms with Gasteiger partial charge in [-0.15, -0.1) is 0 Å². The third-order valence-electron chi connectivity index (χ3n) is 3.27. The molecule has 0 saturated carbocycles. The van der Waals surface area contributed by atoms with E-state index in [2.05, 4.69) is 31.5 Å². The van der Waals surface area contributed by atoms with E-state index in [1.807, 2.05) is 12.3 Å². The van der Waals surface area contributed by atoms with Gasteiger partial charge in [-0.05, 0) is 47.9 Å². The maximum atomic E-state index is 5.70. The first-order valence-electron chi connectivity index (χ1n) is 5.84. The maximum absolute atomic E-state index is 5.70. The van der Waals surface area contributed by atoms with Crippen molar-refractivity contribution >= 4 is 21.6 Å². The fourth-order valence-electron chi connectivity index (χ4n) is 2.11. The molecule has 0 bridgehead atoms. The lowest BCUT2D eigenvalue weighted by molar-refractivity contribution is -0.0226. The van der Waals surface area contributed by atoms with Gasteiger partial charge in [0.25, 0.3) is 0 Å². The van der Waals surface area contributed by atoms with Crippen LogP contribution in [-0.4, -0.2) is 37.3 Å². The SMILES string of the molecule is COC1(CNc2cncc(Br)c2)CCNCC1. The van der Waals surface area contributed by atoms with Gasteiger partial charge in [0.15, 0.2) is 0 Å². The fraction of sp³-hybridized carbons (Fsp3) is 0.583. The zero-order valence-corrected chi connectivity index (χ0v) is 11.6. The first-order valence-corrected chi connectivity index (χ1v) is 6.64. The van der Waals surface area contributed by atoms with E-state index in [-0.39, 0.29) is 5.60 Å². The van der Waals surface area contributed by atoms with Crippen molar-refractivity contribution in [3.8, 4) is 0 Å². The van der Waals surface area contributed by atoms with Crippen molar-refractivity contribution in [3.05, 3.63) is 22.9 Å². The summed E-state index contributed by atoms with van der Waals surface area (Å²) in [6, 6.07) is 2.03. The molecule has 0 spiro atoms. The van der Waals surface area contributed by atoms with Crippen molar-refractivity contribution in [2.75, 3.05) is 32.1 Å². The molecule has 0 atom stereocenters. The minimum absolute atomic E-state index is 0.0480. The normalized spacial score (nSPS) is 18.9. The van der Waals surface area contributed by atoms with Gasteiger partial charge < -0.3 is 15.4 Å². The zero-order chi connectivity index (χ0) is 12.1. The van der Waals surface area contributed by atoms with Gasteiger partial charge in [0.1, 0.15) is 0 Å². The third-order valence-corrected chi connectivity index (χ3v) is 3.70. The molecule has 94 valence electrons. The molecule has 17 heavy (non-hydrogen) atoms. The molecule has 1 saturated heterocycles. The summed E-state index contributed by atoms with van der Waals surface area (Å²) in [5, 5.41) is 6.76. The molecule has 0 aliphatic carbocycles. The van der Waals surface area contributed by atoms with Crippen molar-refractivity contribution in [3.63, 3.8) is 0 Å². The fourth-order valence-corrected chi connectivity index (χ4v) is 2.47. The molecule has 4 nitrogen and oxygen atoms in total. The quantitative estimate of drug-likeness (QED) is 0.893. The molecular weight excluding hydrogens is 282 g/mol. The summed E-state index contributed by atoms with van der Waals surface area (Å²) in [6.07, 6.45) is 5.69. The largest absolute Gasteiger partial charge is 0.381 e. The Hall–Kier alpha value is -0.650. The molecule has 1 aliphatic heterocycles. The molecule has 0 aromatic carbocycles. The predicted molar refractivity (Wildman–Crippen MR) is 72.3 cm³/mol. The Bertz CT molecular complexity index is 367. The minimum atomic E-state index is -0.0480. The van der Waals surface area contributed by atoms with Crippen LogP contribution in [0.3, 0.4) is 0 Å². The molecule has 2 N–H and O–H groups in total. The number of ether oxygens (including phenoxy) is 1. The Morgan fingerprint density at radius 2 is 2.24 bits per heavy atom. The number of pyridine rings is 1. The summed E-state index contributed by atoms with van der Waals surface area (Å²) in [7, 11) is 1.80. The lowest BCUT2D eigenvalue weighted by Gasteiger charge is -2.36. The number of rotatable bonds is 4. The van der Waals surface area contributed by atoms with Gasteiger partial charge >= 0.3 is 0 Å². The number of halogens is 1. The lowest BCUT2D eigenvalue weighted by Crippen LogP contribution is -2.48. The number of piperidine rings is 1. The van der Waals surface area contributed by atoms with Crippen molar-refractivity contribution in [1.82, 2.24) is 10.3 Å². The number of methoxy groups -OCH3 is 1. The van der Waals surface area contributed by atoms with Crippen molar-refractivity contribution in [2.24, 2.45) is 0 Å². The van der Waals surface area contributed by atoms with Crippen LogP contribution in [0, 0.1) is 0 Å². The number of hydrogen-bond donors (Lipinski definition) is 2. The standard InChI is InChI=1S/C12H18BrN3O/c1-17-12(2-4-14-5-3-12)9-16-11-6-10(13)7-15-8-11/h6-8,14,16H,2-5,9H2,1H3. The summed E-state index contributed by atoms with van der Waals surface area (Å²) in [6.45, 7) is 2.86. The molecule has 1 aromatic heterocycles. The first-order chi connectivity index (χ1) is 8.24. The second kappa shape index (κ2) is 5.80. The summed E-state index contributed by atoms with van der Waals surface area (Å²) >= 11 is 3.41. The van der Waals surface area contributed by atoms with Crippen molar-refractivity contribution in [2.45, 2.75) is 18.4 Å². The van der Waals surface area contributed by atoms with Gasteiger partial charge in [-0.25, -0.2) is 0 Å². The summed E-state index contributed by atoms with van der Waals surface area (Å²) < 4.78 is 6.68. The topological polar surface area (TPSA) is 46.2 Å². The monoisotopic (exact) mass is 299 g/mol. The minimum Gasteiger partial charge on any atom is -0.381 e. The lowest BCUT2D eigenvalue weighted by atomic mass is 9.92. The van der Waals surface area contributed by atoms with Gasteiger partial charge in [0, 0.05) is 24.3 Å². The van der Waals surface area contributed by atoms with Crippen LogP contribution in [0.25, 0.3) is 0 Å². The van der Waals surface area contributed by atoms with Gasteiger partial charge in [-0.2, -0.15) is 0 Å². The maximum Gasteiger partial charge on any atom is 0.0874 e. The molecule has 5 heteroatoms. The van der Waals surface area contributed by atoms with Crippen LogP contribution < -0.4 is 10.6 Å². The highest BCUT2D eigenvalue weighted by Gasteiger charge is 2.31. The van der Waals surface area contributed by atoms with E-state index >= 15 is 0 Å². The van der Waals surface area contributed by atoms with Crippen LogP contribution in [-0.2, 0) is 4.74 Å². The zero-order valence-electron chi connectivity index (χ0n) is 10.0. The van der Waals surface area contributed by atoms with Gasteiger partial charge in [-0.1, -0.05) is 0 Å². The molecule has 0 unspecified atom stereocenters. The summed E-state index contributed by atoms with van der Waals surface area (Å²) in [5.74, 6) is 0. The van der Waals surface area contributed by atoms with E-state index in [4.69, 9.17) is 4.74 Å². The number of anilines is 1. The van der Waals surface area contributed by atoms with E-state index in [1.165, 1.54) is 0 Å². The molecule has 2 rings (SSSR count). The highest BCUT2D eigenvalue weighted by molar-refractivity contribution is 9.10. The second-order valence-electron chi connectivity index (χ2n) is 4.38. The van der Waals surface area contributed by atoms with Crippen LogP contribution in [0.1, 0.15) is 12.8 Å². The van der Waals surface area contributed by atoms with Crippen LogP contribution >= 0.6 is 15.9 Å². The Kier molecular flexibility index (Phi) is 4.36. The van der Waals surface area contributed by atoms with E-state index in [9.17, 15) is 0 Å². The number of nitrogens with zero attached hydrogens (tertiary/aromatic N) is 1. The second-order valence-corrected chi connectivity index (χ2v) is 5.30. The van der Waals surface area contributed by atoms with E-state index < -0.39 is 0 Å². The Labute approximate surface area is 110 Å². The van der Waals surface area contributed by atoms with Crippen LogP contribution in [0.4, 0.5) is 5.69 Å². The first kappa shape index (κ1) is 12.8. The molecule has 1 aromatic rings. The van der Waals surface area contributed by atoms with E-state index in [1.54, 1.807) is 13.3 Å². The average molecular weight is 300 g/mol. The smallest absolute Gasteiger partial charge is 0.0874 e. The van der Waals surface area contributed by atoms with Crippen molar-refractivity contribution < 1.29 is 4.74 Å². The van der Waals surface area contributed by atoms with Crippen LogP contribution in [0.2, 0.25) is 0 Å². The Morgan fingerprint density at radius 3 is 2.88 bits per heavy atom. The molecule has 1 fully saturated rings. The van der Waals surface area contributed by atoms with Gasteiger partial charge in [0.2, 0.25) is 0 Å². The Morgan fingerprint density at radius 1 is 1.47 bits per heavy atom. The van der Waals surface area contributed by atoms with Crippen LogP contribution in [0.15, 0.2) is 22.9 Å².